The minimum Gasteiger partial charge on any atom is -0.493 e. The fourth-order valence-electron chi connectivity index (χ4n) is 4.28. The number of aliphatic hydroxyl groups is 1. The van der Waals surface area contributed by atoms with Crippen LogP contribution in [-0.2, 0) is 0 Å². The van der Waals surface area contributed by atoms with Crippen LogP contribution >= 0.6 is 0 Å². The molecule has 1 fully saturated rings. The van der Waals surface area contributed by atoms with E-state index < -0.39 is 0 Å². The predicted molar refractivity (Wildman–Crippen MR) is 113 cm³/mol. The zero-order chi connectivity index (χ0) is 20.5. The number of rotatable bonds is 5. The van der Waals surface area contributed by atoms with Crippen LogP contribution in [0.4, 0.5) is 5.95 Å². The van der Waals surface area contributed by atoms with Crippen molar-refractivity contribution in [1.82, 2.24) is 9.97 Å². The van der Waals surface area contributed by atoms with Crippen molar-refractivity contribution in [3.05, 3.63) is 41.2 Å². The number of fused-ring (bicyclic) bond motifs is 3. The number of benzene rings is 1. The Kier molecular flexibility index (Phi) is 5.41. The van der Waals surface area contributed by atoms with Gasteiger partial charge in [-0.3, -0.25) is 4.99 Å². The second-order valence-electron chi connectivity index (χ2n) is 7.81. The minimum atomic E-state index is -0.291. The van der Waals surface area contributed by atoms with Crippen LogP contribution in [0.2, 0.25) is 0 Å². The lowest BCUT2D eigenvalue weighted by Crippen LogP contribution is -2.34. The van der Waals surface area contributed by atoms with E-state index in [-0.39, 0.29) is 18.1 Å². The van der Waals surface area contributed by atoms with Gasteiger partial charge >= 0.3 is 0 Å². The topological polar surface area (TPSA) is 80.1 Å². The third kappa shape index (κ3) is 3.67. The molecule has 7 heteroatoms. The van der Waals surface area contributed by atoms with Crippen molar-refractivity contribution in [2.75, 3.05) is 32.7 Å². The van der Waals surface area contributed by atoms with Gasteiger partial charge in [0.2, 0.25) is 5.95 Å². The van der Waals surface area contributed by atoms with Crippen molar-refractivity contribution in [3.8, 4) is 11.5 Å². The van der Waals surface area contributed by atoms with Gasteiger partial charge in [-0.15, -0.1) is 0 Å². The van der Waals surface area contributed by atoms with E-state index in [9.17, 15) is 5.11 Å². The molecule has 3 unspecified atom stereocenters. The lowest BCUT2D eigenvalue weighted by atomic mass is 9.74. The first-order chi connectivity index (χ1) is 14.0. The highest BCUT2D eigenvalue weighted by Crippen LogP contribution is 2.44. The maximum atomic E-state index is 10.3. The van der Waals surface area contributed by atoms with Gasteiger partial charge < -0.3 is 19.5 Å². The first-order valence-corrected chi connectivity index (χ1v) is 10.1. The van der Waals surface area contributed by atoms with Crippen molar-refractivity contribution < 1.29 is 14.6 Å². The highest BCUT2D eigenvalue weighted by Gasteiger charge is 2.37. The van der Waals surface area contributed by atoms with Crippen molar-refractivity contribution >= 4 is 11.7 Å². The van der Waals surface area contributed by atoms with Crippen LogP contribution in [0.25, 0.3) is 0 Å². The Balaban J connectivity index is 1.84. The number of nitrogens with zero attached hydrogens (tertiary/aromatic N) is 4. The molecule has 2 heterocycles. The summed E-state index contributed by atoms with van der Waals surface area (Å²) in [5.41, 5.74) is 3.92. The van der Waals surface area contributed by atoms with E-state index in [2.05, 4.69) is 16.0 Å². The molecule has 2 aliphatic rings. The number of hydrogen-bond acceptors (Lipinski definition) is 7. The van der Waals surface area contributed by atoms with Crippen molar-refractivity contribution in [2.24, 2.45) is 4.99 Å². The van der Waals surface area contributed by atoms with Gasteiger partial charge in [-0.2, -0.15) is 0 Å². The predicted octanol–water partition coefficient (Wildman–Crippen LogP) is 2.80. The minimum absolute atomic E-state index is 0.136. The molecule has 4 rings (SSSR count). The Morgan fingerprint density at radius 1 is 1.14 bits per heavy atom. The summed E-state index contributed by atoms with van der Waals surface area (Å²) in [6.45, 7) is 2.52. The molecular formula is C22H28N4O3. The number of aliphatic hydroxyl groups excluding tert-OH is 1. The molecule has 29 heavy (non-hydrogen) atoms. The maximum Gasteiger partial charge on any atom is 0.224 e. The molecule has 154 valence electrons. The summed E-state index contributed by atoms with van der Waals surface area (Å²) < 4.78 is 11.4. The molecule has 1 aromatic carbocycles. The van der Waals surface area contributed by atoms with E-state index in [0.717, 1.165) is 41.0 Å². The van der Waals surface area contributed by atoms with Crippen LogP contribution in [-0.4, -0.2) is 60.7 Å². The van der Waals surface area contributed by atoms with E-state index in [1.54, 1.807) is 7.11 Å². The van der Waals surface area contributed by atoms with Gasteiger partial charge in [-0.05, 0) is 43.9 Å². The molecule has 1 aliphatic heterocycles. The average Bonchev–Trinajstić information content (AvgIpc) is 2.73. The van der Waals surface area contributed by atoms with Crippen LogP contribution in [0.3, 0.4) is 0 Å². The second-order valence-corrected chi connectivity index (χ2v) is 7.81. The zero-order valence-electron chi connectivity index (χ0n) is 17.4. The maximum absolute atomic E-state index is 10.3. The van der Waals surface area contributed by atoms with E-state index in [4.69, 9.17) is 14.5 Å². The van der Waals surface area contributed by atoms with Crippen LogP contribution in [0, 0.1) is 0 Å². The summed E-state index contributed by atoms with van der Waals surface area (Å²) in [4.78, 5) is 15.9. The van der Waals surface area contributed by atoms with Crippen molar-refractivity contribution in [1.29, 1.82) is 0 Å². The van der Waals surface area contributed by atoms with Crippen LogP contribution in [0.15, 0.2) is 29.5 Å². The Morgan fingerprint density at radius 3 is 2.55 bits per heavy atom. The Morgan fingerprint density at radius 2 is 1.90 bits per heavy atom. The molecule has 1 saturated carbocycles. The van der Waals surface area contributed by atoms with E-state index in [1.807, 2.05) is 44.4 Å². The smallest absolute Gasteiger partial charge is 0.224 e. The van der Waals surface area contributed by atoms with E-state index >= 15 is 0 Å². The monoisotopic (exact) mass is 396 g/mol. The molecule has 1 aromatic heterocycles. The molecule has 7 nitrogen and oxygen atoms in total. The molecule has 1 N–H and O–H groups in total. The van der Waals surface area contributed by atoms with Gasteiger partial charge in [0.1, 0.15) is 0 Å². The fraction of sp³-hybridized carbons (Fsp3) is 0.500. The lowest BCUT2D eigenvalue weighted by molar-refractivity contribution is 0.111. The third-order valence-corrected chi connectivity index (χ3v) is 5.68. The summed E-state index contributed by atoms with van der Waals surface area (Å²) in [7, 11) is 5.48. The SMILES string of the molecule is CCOc1cc2c(cc1OC)C(c1cnc(N(C)C)nc1)=NC1CCC(O)CC21. The number of methoxy groups -OCH3 is 1. The van der Waals surface area contributed by atoms with Gasteiger partial charge in [0, 0.05) is 43.5 Å². The van der Waals surface area contributed by atoms with Gasteiger partial charge in [0.15, 0.2) is 11.5 Å². The van der Waals surface area contributed by atoms with Gasteiger partial charge in [-0.25, -0.2) is 9.97 Å². The van der Waals surface area contributed by atoms with E-state index in [1.165, 1.54) is 0 Å². The van der Waals surface area contributed by atoms with Crippen molar-refractivity contribution in [2.45, 2.75) is 44.2 Å². The zero-order valence-corrected chi connectivity index (χ0v) is 17.4. The summed E-state index contributed by atoms with van der Waals surface area (Å²) >= 11 is 0. The molecule has 3 atom stereocenters. The molecule has 0 bridgehead atoms. The van der Waals surface area contributed by atoms with Crippen LogP contribution in [0.1, 0.15) is 48.8 Å². The lowest BCUT2D eigenvalue weighted by Gasteiger charge is -2.37. The molecule has 2 aromatic rings. The second kappa shape index (κ2) is 7.99. The Labute approximate surface area is 171 Å². The van der Waals surface area contributed by atoms with Gasteiger partial charge in [0.05, 0.1) is 31.6 Å². The summed E-state index contributed by atoms with van der Waals surface area (Å²) in [5, 5.41) is 10.3. The molecule has 0 spiro atoms. The molecule has 0 saturated heterocycles. The number of hydrogen-bond donors (Lipinski definition) is 1. The highest BCUT2D eigenvalue weighted by molar-refractivity contribution is 6.14. The number of ether oxygens (including phenoxy) is 2. The first kappa shape index (κ1) is 19.6. The summed E-state index contributed by atoms with van der Waals surface area (Å²) in [6, 6.07) is 4.20. The largest absolute Gasteiger partial charge is 0.493 e. The number of anilines is 1. The molecule has 1 aliphatic carbocycles. The molecule has 0 radical (unpaired) electrons. The number of aromatic nitrogens is 2. The van der Waals surface area contributed by atoms with Crippen LogP contribution < -0.4 is 14.4 Å². The van der Waals surface area contributed by atoms with Crippen LogP contribution in [0.5, 0.6) is 11.5 Å². The fourth-order valence-corrected chi connectivity index (χ4v) is 4.28. The average molecular weight is 396 g/mol. The normalized spacial score (nSPS) is 22.9. The van der Waals surface area contributed by atoms with Gasteiger partial charge in [-0.1, -0.05) is 0 Å². The number of aliphatic imine (C=N–C) groups is 1. The summed E-state index contributed by atoms with van der Waals surface area (Å²) in [6.07, 6.45) is 5.71. The third-order valence-electron chi connectivity index (χ3n) is 5.68. The Hall–Kier alpha value is -2.67. The first-order valence-electron chi connectivity index (χ1n) is 10.1. The van der Waals surface area contributed by atoms with E-state index in [0.29, 0.717) is 24.7 Å². The highest BCUT2D eigenvalue weighted by atomic mass is 16.5. The molecular weight excluding hydrogens is 368 g/mol. The Bertz CT molecular complexity index is 911. The quantitative estimate of drug-likeness (QED) is 0.837. The van der Waals surface area contributed by atoms with Crippen molar-refractivity contribution in [3.63, 3.8) is 0 Å². The standard InChI is InChI=1S/C22H28N4O3/c1-5-29-20-9-15-16-8-14(27)6-7-18(16)25-21(17(15)10-19(20)28-4)13-11-23-22(24-12-13)26(2)3/h9-12,14,16,18,27H,5-8H2,1-4H3. The summed E-state index contributed by atoms with van der Waals surface area (Å²) in [5.74, 6) is 2.24. The van der Waals surface area contributed by atoms with Gasteiger partial charge in [0.25, 0.3) is 0 Å². The molecule has 0 amide bonds.